The molecule has 0 atom stereocenters. The summed E-state index contributed by atoms with van der Waals surface area (Å²) >= 11 is 0. The first kappa shape index (κ1) is 33.0. The number of primary amides is 1. The van der Waals surface area contributed by atoms with Gasteiger partial charge < -0.3 is 36.1 Å². The second-order valence-electron chi connectivity index (χ2n) is 8.79. The van der Waals surface area contributed by atoms with Crippen LogP contribution in [0.25, 0.3) is 0 Å². The second-order valence-corrected chi connectivity index (χ2v) is 8.79. The number of hydrogen-bond donors (Lipinski definition) is 6. The Kier molecular flexibility index (Phi) is 14.8. The number of carboxylic acids is 2. The van der Waals surface area contributed by atoms with E-state index >= 15 is 0 Å². The summed E-state index contributed by atoms with van der Waals surface area (Å²) in [5.41, 5.74) is 7.74. The number of rotatable bonds is 17. The van der Waals surface area contributed by atoms with Crippen LogP contribution in [0.4, 0.5) is 0 Å². The van der Waals surface area contributed by atoms with Gasteiger partial charge in [0.15, 0.2) is 0 Å². The van der Waals surface area contributed by atoms with Gasteiger partial charge in [0.05, 0.1) is 13.1 Å². The molecule has 2 rings (SSSR count). The molecule has 0 aliphatic heterocycles. The molecule has 2 aromatic rings. The molecule has 214 valence electrons. The molecule has 39 heavy (non-hydrogen) atoms. The number of hydrogen-bond acceptors (Lipinski definition) is 9. The molecule has 0 fully saturated rings. The summed E-state index contributed by atoms with van der Waals surface area (Å²) in [6.45, 7) is 0.564. The maximum atomic E-state index is 11.5. The topological polar surface area (TPSA) is 202 Å². The van der Waals surface area contributed by atoms with E-state index in [-0.39, 0.29) is 63.6 Å². The highest BCUT2D eigenvalue weighted by Gasteiger charge is 2.17. The van der Waals surface area contributed by atoms with Crippen LogP contribution in [-0.2, 0) is 45.1 Å². The Morgan fingerprint density at radius 1 is 0.795 bits per heavy atom. The third-order valence-electron chi connectivity index (χ3n) is 5.79. The number of benzene rings is 2. The molecule has 0 saturated heterocycles. The number of aliphatic carboxylic acids is 2. The lowest BCUT2D eigenvalue weighted by Gasteiger charge is -2.26. The average Bonchev–Trinajstić information content (AvgIpc) is 2.88. The number of carbonyl (C=O) groups is 4. The van der Waals surface area contributed by atoms with Crippen molar-refractivity contribution < 1.29 is 44.7 Å². The van der Waals surface area contributed by atoms with Crippen LogP contribution in [0.15, 0.2) is 36.4 Å². The molecule has 12 heteroatoms. The second kappa shape index (κ2) is 17.5. The molecule has 0 aliphatic carbocycles. The number of aryl methyl sites for hydroxylation is 2. The van der Waals surface area contributed by atoms with Crippen LogP contribution in [0.5, 0.6) is 11.5 Å². The van der Waals surface area contributed by atoms with Crippen molar-refractivity contribution in [1.82, 2.24) is 9.80 Å². The Labute approximate surface area is 226 Å². The van der Waals surface area contributed by atoms with Crippen LogP contribution in [0.3, 0.4) is 0 Å². The van der Waals surface area contributed by atoms with E-state index in [0.717, 1.165) is 18.2 Å². The predicted octanol–water partition coefficient (Wildman–Crippen LogP) is 0.729. The van der Waals surface area contributed by atoms with Crippen LogP contribution in [0.1, 0.15) is 35.1 Å². The number of amides is 1. The molecule has 0 heterocycles. The lowest BCUT2D eigenvalue weighted by molar-refractivity contribution is -0.139. The van der Waals surface area contributed by atoms with Gasteiger partial charge in [-0.25, -0.2) is 0 Å². The number of phenolic OH excluding ortho intramolecular Hbond substituents is 2. The lowest BCUT2D eigenvalue weighted by Crippen LogP contribution is -2.38. The monoisotopic (exact) mass is 547 g/mol. The van der Waals surface area contributed by atoms with Gasteiger partial charge >= 0.3 is 11.9 Å². The molecule has 0 radical (unpaired) electrons. The number of aromatic hydroxyl groups is 2. The number of carboxylic acid groups (broad SMARTS) is 2. The highest BCUT2D eigenvalue weighted by molar-refractivity contribution is 5.74. The van der Waals surface area contributed by atoms with E-state index in [1.807, 2.05) is 0 Å². The van der Waals surface area contributed by atoms with E-state index in [1.54, 1.807) is 34.1 Å². The largest absolute Gasteiger partial charge is 0.508 e. The summed E-state index contributed by atoms with van der Waals surface area (Å²) in [5.74, 6) is -2.44. The third-order valence-corrected chi connectivity index (χ3v) is 5.79. The van der Waals surface area contributed by atoms with Crippen molar-refractivity contribution >= 4 is 24.1 Å². The van der Waals surface area contributed by atoms with Gasteiger partial charge in [-0.1, -0.05) is 24.3 Å². The Bertz CT molecular complexity index is 1110. The van der Waals surface area contributed by atoms with Gasteiger partial charge in [-0.2, -0.15) is 0 Å². The summed E-state index contributed by atoms with van der Waals surface area (Å²) in [6, 6.07) is 9.69. The SMILES string of the molecule is CO.NC(=O)CCc1ccc(O)c(CN(CCN(CC=O)Cc2cc(CCC(=O)O)ccc2O)CC(=O)O)c1. The van der Waals surface area contributed by atoms with Gasteiger partial charge in [-0.3, -0.25) is 24.2 Å². The number of carbonyl (C=O) groups excluding carboxylic acids is 2. The van der Waals surface area contributed by atoms with Crippen LogP contribution in [0.2, 0.25) is 0 Å². The highest BCUT2D eigenvalue weighted by atomic mass is 16.4. The van der Waals surface area contributed by atoms with Crippen LogP contribution >= 0.6 is 0 Å². The smallest absolute Gasteiger partial charge is 0.317 e. The third kappa shape index (κ3) is 12.9. The molecule has 0 spiro atoms. The van der Waals surface area contributed by atoms with E-state index in [4.69, 9.17) is 15.9 Å². The van der Waals surface area contributed by atoms with Crippen molar-refractivity contribution in [3.8, 4) is 11.5 Å². The van der Waals surface area contributed by atoms with Crippen LogP contribution in [-0.4, -0.2) is 92.8 Å². The fourth-order valence-corrected chi connectivity index (χ4v) is 3.87. The van der Waals surface area contributed by atoms with Crippen LogP contribution < -0.4 is 5.73 Å². The van der Waals surface area contributed by atoms with Crippen molar-refractivity contribution in [3.05, 3.63) is 58.7 Å². The van der Waals surface area contributed by atoms with Crippen molar-refractivity contribution in [3.63, 3.8) is 0 Å². The van der Waals surface area contributed by atoms with E-state index < -0.39 is 17.8 Å². The molecule has 0 aromatic heterocycles. The first-order valence-electron chi connectivity index (χ1n) is 12.2. The average molecular weight is 548 g/mol. The van der Waals surface area contributed by atoms with E-state index in [2.05, 4.69) is 0 Å². The van der Waals surface area contributed by atoms with Crippen molar-refractivity contribution in [1.29, 1.82) is 0 Å². The number of aliphatic hydroxyl groups is 1. The molecule has 1 amide bonds. The van der Waals surface area contributed by atoms with Crippen molar-refractivity contribution in [2.45, 2.75) is 38.8 Å². The van der Waals surface area contributed by atoms with Crippen molar-refractivity contribution in [2.24, 2.45) is 5.73 Å². The molecule has 7 N–H and O–H groups in total. The highest BCUT2D eigenvalue weighted by Crippen LogP contribution is 2.23. The summed E-state index contributed by atoms with van der Waals surface area (Å²) < 4.78 is 0. The van der Waals surface area contributed by atoms with Crippen LogP contribution in [0, 0.1) is 0 Å². The van der Waals surface area contributed by atoms with E-state index in [1.165, 1.54) is 12.1 Å². The Hall–Kier alpha value is -4.00. The number of aliphatic hydroxyl groups excluding tert-OH is 1. The normalized spacial score (nSPS) is 10.7. The zero-order chi connectivity index (χ0) is 29.4. The predicted molar refractivity (Wildman–Crippen MR) is 142 cm³/mol. The molecule has 0 aliphatic rings. The summed E-state index contributed by atoms with van der Waals surface area (Å²) in [5, 5.41) is 45.9. The minimum Gasteiger partial charge on any atom is -0.508 e. The van der Waals surface area contributed by atoms with Crippen molar-refractivity contribution in [2.75, 3.05) is 33.3 Å². The number of aldehydes is 1. The summed E-state index contributed by atoms with van der Waals surface area (Å²) in [7, 11) is 1.00. The molecular weight excluding hydrogens is 510 g/mol. The molecule has 2 aromatic carbocycles. The summed E-state index contributed by atoms with van der Waals surface area (Å²) in [4.78, 5) is 48.1. The maximum absolute atomic E-state index is 11.5. The van der Waals surface area contributed by atoms with E-state index in [0.29, 0.717) is 30.3 Å². The number of phenols is 2. The van der Waals surface area contributed by atoms with Gasteiger partial charge in [0.25, 0.3) is 0 Å². The quantitative estimate of drug-likeness (QED) is 0.152. The zero-order valence-corrected chi connectivity index (χ0v) is 22.0. The lowest BCUT2D eigenvalue weighted by atomic mass is 10.0. The van der Waals surface area contributed by atoms with E-state index in [9.17, 15) is 34.5 Å². The minimum absolute atomic E-state index is 0.00828. The molecule has 12 nitrogen and oxygen atoms in total. The van der Waals surface area contributed by atoms with Gasteiger partial charge in [-0.05, 0) is 36.1 Å². The number of nitrogens with zero attached hydrogens (tertiary/aromatic N) is 2. The maximum Gasteiger partial charge on any atom is 0.317 e. The Balaban J connectivity index is 0.00000371. The van der Waals surface area contributed by atoms with Gasteiger partial charge in [-0.15, -0.1) is 0 Å². The molecule has 0 bridgehead atoms. The minimum atomic E-state index is -1.06. The molecule has 0 saturated carbocycles. The van der Waals surface area contributed by atoms with Gasteiger partial charge in [0, 0.05) is 57.3 Å². The first-order valence-corrected chi connectivity index (χ1v) is 12.2. The molecular formula is C27H37N3O9. The summed E-state index contributed by atoms with van der Waals surface area (Å²) in [6.07, 6.45) is 1.49. The first-order chi connectivity index (χ1) is 18.6. The standard InChI is InChI=1S/C26H33N3O8.CH4O/c27-24(33)7-3-18-1-5-23(32)21(13-18)16-29(17-26(36)37)10-9-28(11-12-30)15-20-14-19(2-6-22(20)31)4-8-25(34)35;1-2/h1-2,5-6,12-14,31-32H,3-4,7-11,15-17H2,(H2,27,33)(H,34,35)(H,36,37);2H,1H3. The van der Waals surface area contributed by atoms with Gasteiger partial charge in [0.2, 0.25) is 5.91 Å². The molecule has 0 unspecified atom stereocenters. The Morgan fingerprint density at radius 2 is 1.28 bits per heavy atom. The fourth-order valence-electron chi connectivity index (χ4n) is 3.87. The Morgan fingerprint density at radius 3 is 1.74 bits per heavy atom. The fraction of sp³-hybridized carbons (Fsp3) is 0.407. The zero-order valence-electron chi connectivity index (χ0n) is 22.0. The van der Waals surface area contributed by atoms with Gasteiger partial charge in [0.1, 0.15) is 17.8 Å². The number of nitrogens with two attached hydrogens (primary N) is 1.